The standard InChI is InChI=1S/C21H28N4O2/c1-4-5-17-12-27-13-18-11-24(8-9-25(17)18)21(26)16-6-7-19-20(10-16)23-15(3)14(2)22-19/h6-7,10,17-18H,4-5,8-9,11-13H2,1-3H3/t17-,18+/m0/s1. The lowest BCUT2D eigenvalue weighted by Gasteiger charge is -2.48. The maximum Gasteiger partial charge on any atom is 0.254 e. The molecule has 2 fully saturated rings. The Morgan fingerprint density at radius 2 is 1.93 bits per heavy atom. The predicted octanol–water partition coefficient (Wildman–Crippen LogP) is 2.57. The summed E-state index contributed by atoms with van der Waals surface area (Å²) in [7, 11) is 0. The molecule has 0 bridgehead atoms. The van der Waals surface area contributed by atoms with E-state index in [9.17, 15) is 4.79 Å². The molecule has 3 heterocycles. The van der Waals surface area contributed by atoms with Crippen molar-refractivity contribution in [2.24, 2.45) is 0 Å². The second-order valence-corrected chi connectivity index (χ2v) is 7.72. The van der Waals surface area contributed by atoms with Crippen molar-refractivity contribution in [3.05, 3.63) is 35.2 Å². The van der Waals surface area contributed by atoms with E-state index in [0.717, 1.165) is 61.5 Å². The summed E-state index contributed by atoms with van der Waals surface area (Å²) in [5.74, 6) is 0.0780. The lowest BCUT2D eigenvalue weighted by atomic mass is 10.0. The van der Waals surface area contributed by atoms with Crippen LogP contribution in [0.4, 0.5) is 0 Å². The van der Waals surface area contributed by atoms with Crippen LogP contribution in [-0.2, 0) is 4.74 Å². The Hall–Kier alpha value is -2.05. The normalized spacial score (nSPS) is 23.4. The number of hydrogen-bond donors (Lipinski definition) is 0. The van der Waals surface area contributed by atoms with Gasteiger partial charge >= 0.3 is 0 Å². The first-order valence-corrected chi connectivity index (χ1v) is 9.94. The van der Waals surface area contributed by atoms with Crippen LogP contribution in [0, 0.1) is 13.8 Å². The minimum Gasteiger partial charge on any atom is -0.378 e. The summed E-state index contributed by atoms with van der Waals surface area (Å²) in [6, 6.07) is 6.45. The zero-order valence-corrected chi connectivity index (χ0v) is 16.4. The quantitative estimate of drug-likeness (QED) is 0.833. The Balaban J connectivity index is 1.52. The Bertz CT molecular complexity index is 851. The minimum atomic E-state index is 0.0780. The Kier molecular flexibility index (Phi) is 5.10. The predicted molar refractivity (Wildman–Crippen MR) is 105 cm³/mol. The Morgan fingerprint density at radius 1 is 1.15 bits per heavy atom. The van der Waals surface area contributed by atoms with Gasteiger partial charge in [-0.25, -0.2) is 9.97 Å². The van der Waals surface area contributed by atoms with Crippen molar-refractivity contribution in [1.29, 1.82) is 0 Å². The number of fused-ring (bicyclic) bond motifs is 2. The van der Waals surface area contributed by atoms with Gasteiger partial charge in [-0.05, 0) is 38.5 Å². The molecule has 2 aliphatic heterocycles. The van der Waals surface area contributed by atoms with Gasteiger partial charge in [-0.1, -0.05) is 13.3 Å². The van der Waals surface area contributed by atoms with E-state index in [2.05, 4.69) is 21.8 Å². The smallest absolute Gasteiger partial charge is 0.254 e. The summed E-state index contributed by atoms with van der Waals surface area (Å²) < 4.78 is 5.82. The molecule has 0 unspecified atom stereocenters. The number of carbonyl (C=O) groups is 1. The molecular weight excluding hydrogens is 340 g/mol. The molecule has 2 saturated heterocycles. The van der Waals surface area contributed by atoms with Crippen molar-refractivity contribution in [3.63, 3.8) is 0 Å². The average Bonchev–Trinajstić information content (AvgIpc) is 2.68. The summed E-state index contributed by atoms with van der Waals surface area (Å²) >= 11 is 0. The van der Waals surface area contributed by atoms with Crippen LogP contribution in [0.1, 0.15) is 41.5 Å². The van der Waals surface area contributed by atoms with Gasteiger partial charge < -0.3 is 9.64 Å². The highest BCUT2D eigenvalue weighted by atomic mass is 16.5. The van der Waals surface area contributed by atoms with Crippen molar-refractivity contribution < 1.29 is 9.53 Å². The molecule has 6 heteroatoms. The number of morpholine rings is 1. The van der Waals surface area contributed by atoms with Crippen molar-refractivity contribution in [1.82, 2.24) is 19.8 Å². The number of aromatic nitrogens is 2. The average molecular weight is 368 g/mol. The van der Waals surface area contributed by atoms with Crippen LogP contribution in [0.25, 0.3) is 11.0 Å². The molecule has 1 aromatic heterocycles. The Labute approximate surface area is 160 Å². The molecule has 0 radical (unpaired) electrons. The van der Waals surface area contributed by atoms with E-state index >= 15 is 0 Å². The van der Waals surface area contributed by atoms with Crippen molar-refractivity contribution in [2.75, 3.05) is 32.8 Å². The SMILES string of the molecule is CCC[C@H]1COC[C@H]2CN(C(=O)c3ccc4nc(C)c(C)nc4c3)CCN12. The van der Waals surface area contributed by atoms with Crippen LogP contribution in [0.15, 0.2) is 18.2 Å². The second-order valence-electron chi connectivity index (χ2n) is 7.72. The largest absolute Gasteiger partial charge is 0.378 e. The number of piperazine rings is 1. The minimum absolute atomic E-state index is 0.0780. The van der Waals surface area contributed by atoms with E-state index in [1.807, 2.05) is 36.9 Å². The van der Waals surface area contributed by atoms with Crippen LogP contribution in [0.3, 0.4) is 0 Å². The van der Waals surface area contributed by atoms with Gasteiger partial charge in [-0.2, -0.15) is 0 Å². The molecule has 1 aromatic carbocycles. The molecular formula is C21H28N4O2. The molecule has 1 amide bonds. The van der Waals surface area contributed by atoms with Crippen molar-refractivity contribution in [3.8, 4) is 0 Å². The molecule has 2 aliphatic rings. The van der Waals surface area contributed by atoms with Gasteiger partial charge in [0.2, 0.25) is 0 Å². The number of ether oxygens (including phenoxy) is 1. The van der Waals surface area contributed by atoms with Gasteiger partial charge in [0.25, 0.3) is 5.91 Å². The molecule has 0 saturated carbocycles. The zero-order valence-electron chi connectivity index (χ0n) is 16.4. The van der Waals surface area contributed by atoms with Gasteiger partial charge in [0.05, 0.1) is 41.7 Å². The van der Waals surface area contributed by atoms with Gasteiger partial charge in [0, 0.05) is 31.2 Å². The molecule has 0 aliphatic carbocycles. The molecule has 144 valence electrons. The van der Waals surface area contributed by atoms with E-state index in [1.165, 1.54) is 0 Å². The first kappa shape index (κ1) is 18.3. The molecule has 0 N–H and O–H groups in total. The number of rotatable bonds is 3. The van der Waals surface area contributed by atoms with Crippen LogP contribution < -0.4 is 0 Å². The third-order valence-electron chi connectivity index (χ3n) is 5.85. The Morgan fingerprint density at radius 3 is 2.70 bits per heavy atom. The molecule has 6 nitrogen and oxygen atoms in total. The lowest BCUT2D eigenvalue weighted by molar-refractivity contribution is -0.0776. The van der Waals surface area contributed by atoms with Crippen molar-refractivity contribution >= 4 is 16.9 Å². The molecule has 2 aromatic rings. The van der Waals surface area contributed by atoms with E-state index in [4.69, 9.17) is 4.74 Å². The summed E-state index contributed by atoms with van der Waals surface area (Å²) in [6.07, 6.45) is 2.32. The highest BCUT2D eigenvalue weighted by Gasteiger charge is 2.36. The van der Waals surface area contributed by atoms with Gasteiger partial charge in [0.1, 0.15) is 0 Å². The molecule has 2 atom stereocenters. The molecule has 27 heavy (non-hydrogen) atoms. The number of nitrogens with zero attached hydrogens (tertiary/aromatic N) is 4. The third kappa shape index (κ3) is 3.56. The second kappa shape index (κ2) is 7.52. The first-order chi connectivity index (χ1) is 13.1. The third-order valence-corrected chi connectivity index (χ3v) is 5.85. The number of benzene rings is 1. The topological polar surface area (TPSA) is 58.6 Å². The van der Waals surface area contributed by atoms with Gasteiger partial charge in [0.15, 0.2) is 0 Å². The van der Waals surface area contributed by atoms with E-state index < -0.39 is 0 Å². The maximum absolute atomic E-state index is 13.1. The van der Waals surface area contributed by atoms with Gasteiger partial charge in [-0.15, -0.1) is 0 Å². The molecule has 4 rings (SSSR count). The van der Waals surface area contributed by atoms with Crippen molar-refractivity contribution in [2.45, 2.75) is 45.7 Å². The maximum atomic E-state index is 13.1. The van der Waals surface area contributed by atoms with Gasteiger partial charge in [-0.3, -0.25) is 9.69 Å². The highest BCUT2D eigenvalue weighted by molar-refractivity contribution is 5.97. The fourth-order valence-corrected chi connectivity index (χ4v) is 4.25. The fourth-order valence-electron chi connectivity index (χ4n) is 4.25. The summed E-state index contributed by atoms with van der Waals surface area (Å²) in [4.78, 5) is 26.8. The fraction of sp³-hybridized carbons (Fsp3) is 0.571. The monoisotopic (exact) mass is 368 g/mol. The number of carbonyl (C=O) groups excluding carboxylic acids is 1. The lowest BCUT2D eigenvalue weighted by Crippen LogP contribution is -2.62. The van der Waals surface area contributed by atoms with Crippen LogP contribution in [0.2, 0.25) is 0 Å². The van der Waals surface area contributed by atoms with Crippen LogP contribution in [-0.4, -0.2) is 70.6 Å². The summed E-state index contributed by atoms with van der Waals surface area (Å²) in [6.45, 7) is 10.1. The number of amides is 1. The van der Waals surface area contributed by atoms with E-state index in [-0.39, 0.29) is 5.91 Å². The van der Waals surface area contributed by atoms with E-state index in [0.29, 0.717) is 24.3 Å². The first-order valence-electron chi connectivity index (χ1n) is 9.94. The van der Waals surface area contributed by atoms with Crippen LogP contribution >= 0.6 is 0 Å². The highest BCUT2D eigenvalue weighted by Crippen LogP contribution is 2.23. The van der Waals surface area contributed by atoms with Crippen LogP contribution in [0.5, 0.6) is 0 Å². The number of hydrogen-bond acceptors (Lipinski definition) is 5. The summed E-state index contributed by atoms with van der Waals surface area (Å²) in [5, 5.41) is 0. The zero-order chi connectivity index (χ0) is 19.0. The molecule has 0 spiro atoms. The number of aryl methyl sites for hydroxylation is 2. The van der Waals surface area contributed by atoms with E-state index in [1.54, 1.807) is 0 Å². The summed E-state index contributed by atoms with van der Waals surface area (Å²) in [5.41, 5.74) is 4.14.